The summed E-state index contributed by atoms with van der Waals surface area (Å²) in [5.41, 5.74) is 0. The van der Waals surface area contributed by atoms with Crippen molar-refractivity contribution in [3.63, 3.8) is 0 Å². The SMILES string of the molecule is [2H]C(C)C(=O)N[C@H]1[C@H]([C@H](O)[C@H](O)CO)OC(O)(C(=O)O)C[C@@H]1O. The Morgan fingerprint density at radius 2 is 2.09 bits per heavy atom. The molecule has 128 valence electrons. The normalized spacial score (nSPS) is 36.8. The van der Waals surface area contributed by atoms with Crippen molar-refractivity contribution in [1.29, 1.82) is 0 Å². The molecular weight excluding hydrogens is 302 g/mol. The fraction of sp³-hybridized carbons (Fsp3) is 0.833. The van der Waals surface area contributed by atoms with Crippen LogP contribution in [0.1, 0.15) is 21.1 Å². The molecule has 1 fully saturated rings. The number of hydrogen-bond donors (Lipinski definition) is 7. The smallest absolute Gasteiger partial charge is 0.364 e. The lowest BCUT2D eigenvalue weighted by Crippen LogP contribution is -2.67. The Kier molecular flexibility index (Phi) is 5.67. The lowest BCUT2D eigenvalue weighted by molar-refractivity contribution is -0.295. The maximum Gasteiger partial charge on any atom is 0.364 e. The highest BCUT2D eigenvalue weighted by atomic mass is 16.7. The summed E-state index contributed by atoms with van der Waals surface area (Å²) in [5, 5.41) is 59.4. The predicted molar refractivity (Wildman–Crippen MR) is 69.4 cm³/mol. The van der Waals surface area contributed by atoms with Gasteiger partial charge in [-0.3, -0.25) is 4.79 Å². The Bertz CT molecular complexity index is 448. The first kappa shape index (κ1) is 17.1. The van der Waals surface area contributed by atoms with E-state index in [1.807, 2.05) is 0 Å². The van der Waals surface area contributed by atoms with Gasteiger partial charge in [0.2, 0.25) is 5.91 Å². The van der Waals surface area contributed by atoms with Gasteiger partial charge in [-0.05, 0) is 0 Å². The van der Waals surface area contributed by atoms with Crippen LogP contribution in [-0.4, -0.2) is 85.4 Å². The molecule has 0 spiro atoms. The molecule has 7 atom stereocenters. The standard InChI is InChI=1S/C12H21NO9/c1-2-7(17)13-8-5(15)3-12(21,11(19)20)22-10(8)9(18)6(16)4-14/h5-6,8-10,14-16,18,21H,2-4H2,1H3,(H,13,17)(H,19,20)/t5-,6+,8+,9+,10+,12?/m0/s1/i2D/t2?,5-,6+,8+,9+,10+,12?. The van der Waals surface area contributed by atoms with E-state index in [2.05, 4.69) is 5.32 Å². The Hall–Kier alpha value is -1.30. The van der Waals surface area contributed by atoms with Gasteiger partial charge in [0.1, 0.15) is 18.3 Å². The number of aliphatic hydroxyl groups excluding tert-OH is 4. The first-order valence-electron chi connectivity index (χ1n) is 7.12. The van der Waals surface area contributed by atoms with Crippen LogP contribution >= 0.6 is 0 Å². The van der Waals surface area contributed by atoms with Crippen molar-refractivity contribution >= 4 is 11.9 Å². The zero-order valence-corrected chi connectivity index (χ0v) is 11.8. The summed E-state index contributed by atoms with van der Waals surface area (Å²) in [4.78, 5) is 22.7. The number of aliphatic carboxylic acids is 1. The van der Waals surface area contributed by atoms with Crippen molar-refractivity contribution < 1.29 is 46.3 Å². The summed E-state index contributed by atoms with van der Waals surface area (Å²) in [7, 11) is 0. The zero-order chi connectivity index (χ0) is 17.9. The van der Waals surface area contributed by atoms with E-state index in [1.165, 1.54) is 6.92 Å². The quantitative estimate of drug-likeness (QED) is 0.261. The molecule has 10 heteroatoms. The maximum atomic E-state index is 11.6. The third kappa shape index (κ3) is 3.91. The minimum atomic E-state index is -2.84. The van der Waals surface area contributed by atoms with Crippen LogP contribution in [0.2, 0.25) is 0 Å². The van der Waals surface area contributed by atoms with Crippen LogP contribution in [0.15, 0.2) is 0 Å². The number of nitrogens with one attached hydrogen (secondary N) is 1. The van der Waals surface area contributed by atoms with E-state index >= 15 is 0 Å². The van der Waals surface area contributed by atoms with E-state index in [0.29, 0.717) is 0 Å². The van der Waals surface area contributed by atoms with Gasteiger partial charge in [-0.2, -0.15) is 0 Å². The molecule has 0 bridgehead atoms. The van der Waals surface area contributed by atoms with Gasteiger partial charge >= 0.3 is 5.97 Å². The van der Waals surface area contributed by atoms with E-state index in [1.54, 1.807) is 0 Å². The predicted octanol–water partition coefficient (Wildman–Crippen LogP) is -3.48. The molecular formula is C12H21NO9. The van der Waals surface area contributed by atoms with E-state index < -0.39 is 67.5 Å². The van der Waals surface area contributed by atoms with E-state index in [0.717, 1.165) is 0 Å². The van der Waals surface area contributed by atoms with Crippen LogP contribution in [0.3, 0.4) is 0 Å². The summed E-state index contributed by atoms with van der Waals surface area (Å²) in [5.74, 6) is -5.51. The highest BCUT2D eigenvalue weighted by Crippen LogP contribution is 2.30. The Morgan fingerprint density at radius 3 is 2.55 bits per heavy atom. The molecule has 1 heterocycles. The zero-order valence-electron chi connectivity index (χ0n) is 12.8. The molecule has 2 unspecified atom stereocenters. The van der Waals surface area contributed by atoms with E-state index in [-0.39, 0.29) is 0 Å². The van der Waals surface area contributed by atoms with E-state index in [4.69, 9.17) is 16.3 Å². The van der Waals surface area contributed by atoms with Gasteiger partial charge in [0.15, 0.2) is 0 Å². The summed E-state index contributed by atoms with van der Waals surface area (Å²) in [6.45, 7) is 0.338. The fourth-order valence-electron chi connectivity index (χ4n) is 2.15. The Labute approximate surface area is 127 Å². The molecule has 0 aromatic rings. The van der Waals surface area contributed by atoms with Crippen molar-refractivity contribution in [3.05, 3.63) is 0 Å². The van der Waals surface area contributed by atoms with Crippen LogP contribution in [0.5, 0.6) is 0 Å². The number of hydrogen-bond acceptors (Lipinski definition) is 8. The topological polar surface area (TPSA) is 177 Å². The number of carboxylic acid groups (broad SMARTS) is 1. The van der Waals surface area contributed by atoms with Crippen LogP contribution in [-0.2, 0) is 14.3 Å². The largest absolute Gasteiger partial charge is 0.477 e. The molecule has 1 amide bonds. The number of amides is 1. The first-order chi connectivity index (χ1) is 10.5. The summed E-state index contributed by atoms with van der Waals surface area (Å²) >= 11 is 0. The summed E-state index contributed by atoms with van der Waals surface area (Å²) in [6, 6.07) is -1.40. The first-order valence-corrected chi connectivity index (χ1v) is 6.54. The minimum absolute atomic E-state index is 0.807. The van der Waals surface area contributed by atoms with Crippen LogP contribution < -0.4 is 5.32 Å². The van der Waals surface area contributed by atoms with Gasteiger partial charge in [-0.1, -0.05) is 6.92 Å². The van der Waals surface area contributed by atoms with Crippen LogP contribution in [0.25, 0.3) is 0 Å². The highest BCUT2D eigenvalue weighted by Gasteiger charge is 2.53. The minimum Gasteiger partial charge on any atom is -0.477 e. The van der Waals surface area contributed by atoms with Gasteiger partial charge in [0.25, 0.3) is 5.79 Å². The molecule has 0 radical (unpaired) electrons. The number of carbonyl (C=O) groups excluding carboxylic acids is 1. The lowest BCUT2D eigenvalue weighted by Gasteiger charge is -2.44. The third-order valence-corrected chi connectivity index (χ3v) is 3.41. The molecule has 22 heavy (non-hydrogen) atoms. The van der Waals surface area contributed by atoms with Crippen molar-refractivity contribution in [2.24, 2.45) is 0 Å². The molecule has 0 aromatic carbocycles. The summed E-state index contributed by atoms with van der Waals surface area (Å²) in [6.07, 6.45) is -9.08. The monoisotopic (exact) mass is 324 g/mol. The van der Waals surface area contributed by atoms with Crippen molar-refractivity contribution in [2.45, 2.75) is 56.0 Å². The second-order valence-electron chi connectivity index (χ2n) is 5.01. The molecule has 0 aromatic heterocycles. The number of rotatable bonds is 6. The molecule has 1 aliphatic rings. The van der Waals surface area contributed by atoms with Crippen LogP contribution in [0, 0.1) is 0 Å². The van der Waals surface area contributed by atoms with Crippen LogP contribution in [0.4, 0.5) is 0 Å². The maximum absolute atomic E-state index is 11.6. The third-order valence-electron chi connectivity index (χ3n) is 3.41. The number of carbonyl (C=O) groups is 2. The Balaban J connectivity index is 3.09. The molecule has 0 saturated carbocycles. The number of aliphatic hydroxyl groups is 5. The van der Waals surface area contributed by atoms with Crippen molar-refractivity contribution in [3.8, 4) is 0 Å². The molecule has 7 N–H and O–H groups in total. The second-order valence-corrected chi connectivity index (χ2v) is 5.01. The molecule has 1 rings (SSSR count). The molecule has 1 saturated heterocycles. The molecule has 0 aliphatic carbocycles. The van der Waals surface area contributed by atoms with Gasteiger partial charge < -0.3 is 40.7 Å². The van der Waals surface area contributed by atoms with Crippen molar-refractivity contribution in [2.75, 3.05) is 6.61 Å². The highest BCUT2D eigenvalue weighted by molar-refractivity contribution is 5.77. The molecule has 10 nitrogen and oxygen atoms in total. The van der Waals surface area contributed by atoms with Gasteiger partial charge in [0.05, 0.1) is 18.8 Å². The Morgan fingerprint density at radius 1 is 1.50 bits per heavy atom. The van der Waals surface area contributed by atoms with Gasteiger partial charge in [-0.15, -0.1) is 0 Å². The fourth-order valence-corrected chi connectivity index (χ4v) is 2.15. The lowest BCUT2D eigenvalue weighted by atomic mass is 9.88. The van der Waals surface area contributed by atoms with Gasteiger partial charge in [0, 0.05) is 14.2 Å². The average Bonchev–Trinajstić information content (AvgIpc) is 2.47. The van der Waals surface area contributed by atoms with Crippen molar-refractivity contribution in [1.82, 2.24) is 5.32 Å². The van der Waals surface area contributed by atoms with Gasteiger partial charge in [-0.25, -0.2) is 4.79 Å². The second kappa shape index (κ2) is 7.31. The molecule has 1 aliphatic heterocycles. The number of ether oxygens (including phenoxy) is 1. The van der Waals surface area contributed by atoms with E-state index in [9.17, 15) is 30.0 Å². The average molecular weight is 324 g/mol. The number of carboxylic acids is 1. The summed E-state index contributed by atoms with van der Waals surface area (Å²) < 4.78 is 12.2.